The smallest absolute Gasteiger partial charge is 0.127 e. The van der Waals surface area contributed by atoms with Gasteiger partial charge in [-0.25, -0.2) is 0 Å². The third-order valence-electron chi connectivity index (χ3n) is 3.18. The molecule has 0 radical (unpaired) electrons. The van der Waals surface area contributed by atoms with Crippen LogP contribution in [-0.4, -0.2) is 44.0 Å². The minimum absolute atomic E-state index is 0.0703. The largest absolute Gasteiger partial charge is 0.494 e. The normalized spacial score (nSPS) is 25.1. The lowest BCUT2D eigenvalue weighted by atomic mass is 9.91. The molecule has 3 atom stereocenters. The van der Waals surface area contributed by atoms with E-state index in [2.05, 4.69) is 15.9 Å². The molecule has 3 unspecified atom stereocenters. The zero-order chi connectivity index (χ0) is 14.4. The van der Waals surface area contributed by atoms with Crippen LogP contribution in [0.15, 0.2) is 24.3 Å². The second-order valence-corrected chi connectivity index (χ2v) is 5.82. The number of benzene rings is 1. The van der Waals surface area contributed by atoms with Crippen molar-refractivity contribution in [1.29, 1.82) is 0 Å². The SMILES string of the molecule is CCOc1cccc(OC2CC(Br)C2OCCOC)c1. The Morgan fingerprint density at radius 3 is 2.75 bits per heavy atom. The average molecular weight is 345 g/mol. The van der Waals surface area contributed by atoms with E-state index in [9.17, 15) is 0 Å². The van der Waals surface area contributed by atoms with Crippen molar-refractivity contribution in [2.24, 2.45) is 0 Å². The van der Waals surface area contributed by atoms with Gasteiger partial charge in [-0.15, -0.1) is 0 Å². The summed E-state index contributed by atoms with van der Waals surface area (Å²) in [7, 11) is 1.67. The molecule has 1 saturated carbocycles. The van der Waals surface area contributed by atoms with Crippen molar-refractivity contribution in [3.05, 3.63) is 24.3 Å². The molecule has 0 aliphatic heterocycles. The maximum absolute atomic E-state index is 5.98. The Labute approximate surface area is 128 Å². The Bertz CT molecular complexity index is 413. The Hall–Kier alpha value is -0.780. The van der Waals surface area contributed by atoms with Gasteiger partial charge in [0.2, 0.25) is 0 Å². The lowest BCUT2D eigenvalue weighted by molar-refractivity contribution is -0.0866. The summed E-state index contributed by atoms with van der Waals surface area (Å²) in [5, 5.41) is 0. The monoisotopic (exact) mass is 344 g/mol. The fraction of sp³-hybridized carbons (Fsp3) is 0.600. The molecule has 0 heterocycles. The highest BCUT2D eigenvalue weighted by Gasteiger charge is 2.42. The molecule has 5 heteroatoms. The molecule has 1 fully saturated rings. The highest BCUT2D eigenvalue weighted by atomic mass is 79.9. The van der Waals surface area contributed by atoms with Crippen LogP contribution in [0.4, 0.5) is 0 Å². The minimum atomic E-state index is 0.0703. The van der Waals surface area contributed by atoms with Crippen LogP contribution in [0.2, 0.25) is 0 Å². The zero-order valence-corrected chi connectivity index (χ0v) is 13.5. The predicted molar refractivity (Wildman–Crippen MR) is 81.0 cm³/mol. The van der Waals surface area contributed by atoms with E-state index in [1.807, 2.05) is 31.2 Å². The molecule has 1 aromatic rings. The van der Waals surface area contributed by atoms with Gasteiger partial charge in [-0.05, 0) is 19.1 Å². The summed E-state index contributed by atoms with van der Waals surface area (Å²) in [5.74, 6) is 1.65. The second-order valence-electron chi connectivity index (χ2n) is 4.64. The topological polar surface area (TPSA) is 36.9 Å². The van der Waals surface area contributed by atoms with Crippen LogP contribution >= 0.6 is 15.9 Å². The van der Waals surface area contributed by atoms with E-state index in [-0.39, 0.29) is 12.2 Å². The van der Waals surface area contributed by atoms with Crippen LogP contribution in [0.5, 0.6) is 11.5 Å². The number of alkyl halides is 1. The second kappa shape index (κ2) is 7.86. The van der Waals surface area contributed by atoms with E-state index >= 15 is 0 Å². The number of hydrogen-bond acceptors (Lipinski definition) is 4. The summed E-state index contributed by atoms with van der Waals surface area (Å²) < 4.78 is 22.2. The van der Waals surface area contributed by atoms with Crippen LogP contribution in [0, 0.1) is 0 Å². The van der Waals surface area contributed by atoms with Gasteiger partial charge in [0.05, 0.1) is 19.8 Å². The summed E-state index contributed by atoms with van der Waals surface area (Å²) in [5.41, 5.74) is 0. The van der Waals surface area contributed by atoms with Gasteiger partial charge in [-0.2, -0.15) is 0 Å². The molecule has 0 saturated heterocycles. The van der Waals surface area contributed by atoms with Gasteiger partial charge in [0, 0.05) is 24.4 Å². The molecule has 1 aliphatic rings. The summed E-state index contributed by atoms with van der Waals surface area (Å²) in [6.07, 6.45) is 1.09. The highest BCUT2D eigenvalue weighted by molar-refractivity contribution is 9.09. The van der Waals surface area contributed by atoms with Crippen molar-refractivity contribution in [3.8, 4) is 11.5 Å². The Morgan fingerprint density at radius 2 is 2.05 bits per heavy atom. The van der Waals surface area contributed by atoms with Gasteiger partial charge in [-0.3, -0.25) is 0 Å². The van der Waals surface area contributed by atoms with E-state index in [0.29, 0.717) is 24.6 Å². The van der Waals surface area contributed by atoms with E-state index in [4.69, 9.17) is 18.9 Å². The van der Waals surface area contributed by atoms with Crippen LogP contribution in [0.25, 0.3) is 0 Å². The maximum Gasteiger partial charge on any atom is 0.127 e. The number of hydrogen-bond donors (Lipinski definition) is 0. The van der Waals surface area contributed by atoms with E-state index in [1.165, 1.54) is 0 Å². The first kappa shape index (κ1) is 15.6. The molecular formula is C15H21BrO4. The molecule has 2 rings (SSSR count). The highest BCUT2D eigenvalue weighted by Crippen LogP contribution is 2.34. The maximum atomic E-state index is 5.98. The van der Waals surface area contributed by atoms with Crippen LogP contribution < -0.4 is 9.47 Å². The first-order valence-corrected chi connectivity index (χ1v) is 7.80. The average Bonchev–Trinajstić information content (AvgIpc) is 2.44. The van der Waals surface area contributed by atoms with Crippen molar-refractivity contribution >= 4 is 15.9 Å². The summed E-state index contributed by atoms with van der Waals surface area (Å²) in [4.78, 5) is 0.347. The van der Waals surface area contributed by atoms with Gasteiger partial charge < -0.3 is 18.9 Å². The molecule has 0 bridgehead atoms. The van der Waals surface area contributed by atoms with Crippen LogP contribution in [0.3, 0.4) is 0 Å². The minimum Gasteiger partial charge on any atom is -0.494 e. The van der Waals surface area contributed by atoms with Crippen molar-refractivity contribution < 1.29 is 18.9 Å². The fourth-order valence-electron chi connectivity index (χ4n) is 2.10. The fourth-order valence-corrected chi connectivity index (χ4v) is 2.96. The standard InChI is InChI=1S/C15H21BrO4/c1-3-18-11-5-4-6-12(9-11)20-14-10-13(16)15(14)19-8-7-17-2/h4-6,9,13-15H,3,7-8,10H2,1-2H3. The lowest BCUT2D eigenvalue weighted by Crippen LogP contribution is -2.52. The Morgan fingerprint density at radius 1 is 1.25 bits per heavy atom. The summed E-state index contributed by atoms with van der Waals surface area (Å²) in [6, 6.07) is 7.72. The number of ether oxygens (including phenoxy) is 4. The molecule has 0 amide bonds. The first-order chi connectivity index (χ1) is 9.74. The Balaban J connectivity index is 1.87. The van der Waals surface area contributed by atoms with E-state index < -0.39 is 0 Å². The summed E-state index contributed by atoms with van der Waals surface area (Å²) >= 11 is 3.60. The first-order valence-electron chi connectivity index (χ1n) is 6.88. The van der Waals surface area contributed by atoms with Gasteiger partial charge in [0.25, 0.3) is 0 Å². The van der Waals surface area contributed by atoms with E-state index in [1.54, 1.807) is 7.11 Å². The van der Waals surface area contributed by atoms with Gasteiger partial charge in [0.15, 0.2) is 0 Å². The third kappa shape index (κ3) is 4.11. The molecule has 0 N–H and O–H groups in total. The molecule has 20 heavy (non-hydrogen) atoms. The molecule has 1 aromatic carbocycles. The molecule has 4 nitrogen and oxygen atoms in total. The third-order valence-corrected chi connectivity index (χ3v) is 4.08. The number of methoxy groups -OCH3 is 1. The van der Waals surface area contributed by atoms with Gasteiger partial charge in [0.1, 0.15) is 23.7 Å². The molecule has 112 valence electrons. The number of halogens is 1. The zero-order valence-electron chi connectivity index (χ0n) is 11.9. The molecule has 1 aliphatic carbocycles. The van der Waals surface area contributed by atoms with E-state index in [0.717, 1.165) is 17.9 Å². The lowest BCUT2D eigenvalue weighted by Gasteiger charge is -2.40. The number of rotatable bonds is 8. The van der Waals surface area contributed by atoms with Gasteiger partial charge in [-0.1, -0.05) is 22.0 Å². The van der Waals surface area contributed by atoms with Crippen molar-refractivity contribution in [1.82, 2.24) is 0 Å². The molecule has 0 spiro atoms. The predicted octanol–water partition coefficient (Wildman–Crippen LogP) is 3.03. The van der Waals surface area contributed by atoms with Crippen LogP contribution in [-0.2, 0) is 9.47 Å². The van der Waals surface area contributed by atoms with Crippen molar-refractivity contribution in [2.45, 2.75) is 30.4 Å². The Kier molecular flexibility index (Phi) is 6.13. The van der Waals surface area contributed by atoms with Crippen molar-refractivity contribution in [2.75, 3.05) is 26.9 Å². The van der Waals surface area contributed by atoms with Gasteiger partial charge >= 0.3 is 0 Å². The van der Waals surface area contributed by atoms with Crippen molar-refractivity contribution in [3.63, 3.8) is 0 Å². The quantitative estimate of drug-likeness (QED) is 0.536. The summed E-state index contributed by atoms with van der Waals surface area (Å²) in [6.45, 7) is 3.80. The molecular weight excluding hydrogens is 324 g/mol. The molecule has 0 aromatic heterocycles. The van der Waals surface area contributed by atoms with Crippen LogP contribution in [0.1, 0.15) is 13.3 Å².